The van der Waals surface area contributed by atoms with Gasteiger partial charge in [0, 0.05) is 4.88 Å². The zero-order valence-electron chi connectivity index (χ0n) is 9.19. The van der Waals surface area contributed by atoms with E-state index in [-0.39, 0.29) is 11.6 Å². The molecule has 2 heterocycles. The Hall–Kier alpha value is -1.80. The summed E-state index contributed by atoms with van der Waals surface area (Å²) in [6, 6.07) is 4.04. The van der Waals surface area contributed by atoms with E-state index in [4.69, 9.17) is 15.4 Å². The molecule has 0 bridgehead atoms. The third kappa shape index (κ3) is 1.71. The predicted octanol–water partition coefficient (Wildman–Crippen LogP) is 2.74. The van der Waals surface area contributed by atoms with Gasteiger partial charge in [-0.1, -0.05) is 0 Å². The standard InChI is InChI=1S/C12H11N3OS/c13-6-8-11(14)16-12(15-8)10-5-7-3-1-2-4-9(7)17-10/h5H,1-4,14H2. The molecule has 0 spiro atoms. The van der Waals surface area contributed by atoms with Crippen LogP contribution in [0.15, 0.2) is 10.5 Å². The molecule has 1 aliphatic rings. The number of aromatic nitrogens is 1. The van der Waals surface area contributed by atoms with Crippen LogP contribution in [0, 0.1) is 11.3 Å². The largest absolute Gasteiger partial charge is 0.419 e. The molecule has 5 heteroatoms. The molecule has 0 aliphatic heterocycles. The third-order valence-electron chi connectivity index (χ3n) is 2.97. The van der Waals surface area contributed by atoms with Gasteiger partial charge in [0.2, 0.25) is 17.5 Å². The van der Waals surface area contributed by atoms with E-state index in [2.05, 4.69) is 11.1 Å². The Morgan fingerprint density at radius 3 is 2.94 bits per heavy atom. The third-order valence-corrected chi connectivity index (χ3v) is 4.19. The molecule has 4 nitrogen and oxygen atoms in total. The molecule has 3 rings (SSSR count). The van der Waals surface area contributed by atoms with Gasteiger partial charge >= 0.3 is 0 Å². The molecule has 0 atom stereocenters. The Balaban J connectivity index is 2.03. The van der Waals surface area contributed by atoms with Gasteiger partial charge < -0.3 is 10.2 Å². The number of hydrogen-bond donors (Lipinski definition) is 1. The van der Waals surface area contributed by atoms with E-state index in [1.54, 1.807) is 11.3 Å². The average Bonchev–Trinajstić information content (AvgIpc) is 2.91. The zero-order valence-corrected chi connectivity index (χ0v) is 10.0. The second-order valence-electron chi connectivity index (χ2n) is 4.11. The molecule has 0 saturated carbocycles. The average molecular weight is 245 g/mol. The first-order chi connectivity index (χ1) is 8.28. The van der Waals surface area contributed by atoms with Gasteiger partial charge in [0.05, 0.1) is 4.88 Å². The molecule has 17 heavy (non-hydrogen) atoms. The van der Waals surface area contributed by atoms with Gasteiger partial charge in [0.1, 0.15) is 6.07 Å². The number of nitriles is 1. The van der Waals surface area contributed by atoms with Crippen molar-refractivity contribution >= 4 is 17.2 Å². The number of anilines is 1. The van der Waals surface area contributed by atoms with Crippen LogP contribution >= 0.6 is 11.3 Å². The molecule has 0 radical (unpaired) electrons. The highest BCUT2D eigenvalue weighted by atomic mass is 32.1. The Morgan fingerprint density at radius 1 is 1.41 bits per heavy atom. The van der Waals surface area contributed by atoms with E-state index in [0.717, 1.165) is 17.7 Å². The van der Waals surface area contributed by atoms with Crippen LogP contribution in [-0.4, -0.2) is 4.98 Å². The van der Waals surface area contributed by atoms with Gasteiger partial charge in [0.25, 0.3) is 0 Å². The van der Waals surface area contributed by atoms with E-state index in [9.17, 15) is 0 Å². The van der Waals surface area contributed by atoms with E-state index >= 15 is 0 Å². The summed E-state index contributed by atoms with van der Waals surface area (Å²) < 4.78 is 5.32. The maximum atomic E-state index is 8.79. The van der Waals surface area contributed by atoms with E-state index in [1.165, 1.54) is 23.3 Å². The van der Waals surface area contributed by atoms with Crippen LogP contribution in [0.5, 0.6) is 0 Å². The smallest absolute Gasteiger partial charge is 0.240 e. The number of nitrogens with two attached hydrogens (primary N) is 1. The van der Waals surface area contributed by atoms with E-state index in [1.807, 2.05) is 6.07 Å². The lowest BCUT2D eigenvalue weighted by atomic mass is 9.99. The lowest BCUT2D eigenvalue weighted by molar-refractivity contribution is 0.595. The van der Waals surface area contributed by atoms with Crippen molar-refractivity contribution in [2.45, 2.75) is 25.7 Å². The molecule has 0 fully saturated rings. The van der Waals surface area contributed by atoms with Crippen molar-refractivity contribution in [3.63, 3.8) is 0 Å². The summed E-state index contributed by atoms with van der Waals surface area (Å²) in [6.07, 6.45) is 4.78. The molecule has 1 aliphatic carbocycles. The summed E-state index contributed by atoms with van der Waals surface area (Å²) in [5.41, 5.74) is 7.13. The van der Waals surface area contributed by atoms with Crippen LogP contribution in [0.25, 0.3) is 10.8 Å². The van der Waals surface area contributed by atoms with Crippen LogP contribution in [0.1, 0.15) is 29.0 Å². The van der Waals surface area contributed by atoms with Gasteiger partial charge in [-0.15, -0.1) is 11.3 Å². The van der Waals surface area contributed by atoms with Crippen LogP contribution < -0.4 is 5.73 Å². The van der Waals surface area contributed by atoms with Crippen molar-refractivity contribution in [2.24, 2.45) is 0 Å². The zero-order chi connectivity index (χ0) is 11.8. The summed E-state index contributed by atoms with van der Waals surface area (Å²) in [5.74, 6) is 0.576. The maximum Gasteiger partial charge on any atom is 0.240 e. The Bertz CT molecular complexity index is 582. The van der Waals surface area contributed by atoms with Crippen LogP contribution in [0.4, 0.5) is 5.88 Å². The minimum Gasteiger partial charge on any atom is -0.419 e. The lowest BCUT2D eigenvalue weighted by Gasteiger charge is -2.08. The van der Waals surface area contributed by atoms with Gasteiger partial charge in [0.15, 0.2) is 0 Å². The van der Waals surface area contributed by atoms with Crippen molar-refractivity contribution in [3.8, 4) is 16.8 Å². The minimum absolute atomic E-state index is 0.105. The molecule has 0 aromatic carbocycles. The number of nitrogens with zero attached hydrogens (tertiary/aromatic N) is 2. The second-order valence-corrected chi connectivity index (χ2v) is 5.25. The highest BCUT2D eigenvalue weighted by Gasteiger charge is 2.18. The van der Waals surface area contributed by atoms with Crippen LogP contribution in [0.2, 0.25) is 0 Å². The predicted molar refractivity (Wildman–Crippen MR) is 65.6 cm³/mol. The summed E-state index contributed by atoms with van der Waals surface area (Å²) in [5, 5.41) is 8.79. The molecule has 0 unspecified atom stereocenters. The van der Waals surface area contributed by atoms with Gasteiger partial charge in [-0.2, -0.15) is 10.2 Å². The molecule has 2 aromatic rings. The molecule has 2 N–H and O–H groups in total. The van der Waals surface area contributed by atoms with Crippen molar-refractivity contribution < 1.29 is 4.42 Å². The highest BCUT2D eigenvalue weighted by Crippen LogP contribution is 2.36. The molecular formula is C12H11N3OS. The van der Waals surface area contributed by atoms with Gasteiger partial charge in [-0.3, -0.25) is 0 Å². The first kappa shape index (κ1) is 10.4. The van der Waals surface area contributed by atoms with Gasteiger partial charge in [-0.25, -0.2) is 0 Å². The Labute approximate surface area is 103 Å². The Morgan fingerprint density at radius 2 is 2.24 bits per heavy atom. The fraction of sp³-hybridized carbons (Fsp3) is 0.333. The van der Waals surface area contributed by atoms with E-state index < -0.39 is 0 Å². The number of nitrogen functional groups attached to an aromatic ring is 1. The van der Waals surface area contributed by atoms with Crippen molar-refractivity contribution in [1.82, 2.24) is 4.98 Å². The quantitative estimate of drug-likeness (QED) is 0.838. The molecule has 2 aromatic heterocycles. The van der Waals surface area contributed by atoms with Gasteiger partial charge in [-0.05, 0) is 37.3 Å². The topological polar surface area (TPSA) is 75.8 Å². The van der Waals surface area contributed by atoms with Crippen molar-refractivity contribution in [1.29, 1.82) is 5.26 Å². The van der Waals surface area contributed by atoms with Crippen LogP contribution in [0.3, 0.4) is 0 Å². The number of hydrogen-bond acceptors (Lipinski definition) is 5. The summed E-state index contributed by atoms with van der Waals surface area (Å²) in [4.78, 5) is 6.49. The van der Waals surface area contributed by atoms with Crippen molar-refractivity contribution in [2.75, 3.05) is 5.73 Å². The van der Waals surface area contributed by atoms with E-state index in [0.29, 0.717) is 5.89 Å². The number of rotatable bonds is 1. The summed E-state index contributed by atoms with van der Waals surface area (Å²) >= 11 is 1.70. The fourth-order valence-corrected chi connectivity index (χ4v) is 3.29. The normalized spacial score (nSPS) is 14.3. The monoisotopic (exact) mass is 245 g/mol. The van der Waals surface area contributed by atoms with Crippen molar-refractivity contribution in [3.05, 3.63) is 22.2 Å². The number of fused-ring (bicyclic) bond motifs is 1. The first-order valence-corrected chi connectivity index (χ1v) is 6.38. The maximum absolute atomic E-state index is 8.79. The van der Waals surface area contributed by atoms with Crippen LogP contribution in [-0.2, 0) is 12.8 Å². The number of thiophene rings is 1. The molecular weight excluding hydrogens is 234 g/mol. The summed E-state index contributed by atoms with van der Waals surface area (Å²) in [6.45, 7) is 0. The minimum atomic E-state index is 0.105. The Kier molecular flexibility index (Phi) is 2.37. The number of oxazole rings is 1. The number of aryl methyl sites for hydroxylation is 2. The first-order valence-electron chi connectivity index (χ1n) is 5.56. The fourth-order valence-electron chi connectivity index (χ4n) is 2.11. The highest BCUT2D eigenvalue weighted by molar-refractivity contribution is 7.15. The SMILES string of the molecule is N#Cc1nc(-c2cc3c(s2)CCCC3)oc1N. The molecule has 0 amide bonds. The molecule has 86 valence electrons. The summed E-state index contributed by atoms with van der Waals surface area (Å²) in [7, 11) is 0. The lowest BCUT2D eigenvalue weighted by Crippen LogP contribution is -1.96. The molecule has 0 saturated heterocycles. The second kappa shape index (κ2) is 3.90.